The second-order valence-electron chi connectivity index (χ2n) is 2.02. The van der Waals surface area contributed by atoms with Crippen LogP contribution in [0.15, 0.2) is 0 Å². The third-order valence-electron chi connectivity index (χ3n) is 1.33. The Kier molecular flexibility index (Phi) is 2.41. The van der Waals surface area contributed by atoms with Gasteiger partial charge in [0, 0.05) is 32.2 Å². The Morgan fingerprint density at radius 1 is 1.33 bits per heavy atom. The number of hydrogen-bond donors (Lipinski definition) is 0. The standard InChI is InChI=1S/C7H11N2/c1-2-5-9-6-3-8-4-7-9/h3-4,6-7H2,1H3. The van der Waals surface area contributed by atoms with Crippen molar-refractivity contribution in [1.82, 2.24) is 10.2 Å². The van der Waals surface area contributed by atoms with Gasteiger partial charge in [0.1, 0.15) is 0 Å². The molecule has 1 fully saturated rings. The fourth-order valence-corrected chi connectivity index (χ4v) is 0.876. The molecule has 1 heterocycles. The third kappa shape index (κ3) is 1.95. The Labute approximate surface area is 56.2 Å². The van der Waals surface area contributed by atoms with Gasteiger partial charge in [0.05, 0.1) is 0 Å². The highest BCUT2D eigenvalue weighted by atomic mass is 15.2. The van der Waals surface area contributed by atoms with E-state index in [4.69, 9.17) is 0 Å². The molecule has 49 valence electrons. The smallest absolute Gasteiger partial charge is 0.0402 e. The minimum absolute atomic E-state index is 0.953. The van der Waals surface area contributed by atoms with E-state index in [1.165, 1.54) is 0 Å². The molecule has 1 rings (SSSR count). The van der Waals surface area contributed by atoms with Crippen LogP contribution < -0.4 is 5.32 Å². The van der Waals surface area contributed by atoms with Gasteiger partial charge in [-0.3, -0.25) is 0 Å². The monoisotopic (exact) mass is 123 g/mol. The zero-order chi connectivity index (χ0) is 6.53. The molecule has 2 heteroatoms. The average Bonchev–Trinajstić information content (AvgIpc) is 1.91. The second kappa shape index (κ2) is 3.37. The normalized spacial score (nSPS) is 18.6. The van der Waals surface area contributed by atoms with Crippen molar-refractivity contribution in [3.05, 3.63) is 0 Å². The van der Waals surface area contributed by atoms with E-state index in [0.29, 0.717) is 0 Å². The SMILES string of the molecule is CC#CN1CC[N]CC1. The molecular weight excluding hydrogens is 112 g/mol. The van der Waals surface area contributed by atoms with Crippen molar-refractivity contribution < 1.29 is 0 Å². The van der Waals surface area contributed by atoms with Crippen LogP contribution in [0.2, 0.25) is 0 Å². The lowest BCUT2D eigenvalue weighted by atomic mass is 10.4. The molecule has 1 aliphatic heterocycles. The largest absolute Gasteiger partial charge is 0.330 e. The van der Waals surface area contributed by atoms with Crippen LogP contribution in [0.5, 0.6) is 0 Å². The Balaban J connectivity index is 2.28. The fourth-order valence-electron chi connectivity index (χ4n) is 0.876. The summed E-state index contributed by atoms with van der Waals surface area (Å²) in [5.41, 5.74) is 0. The van der Waals surface area contributed by atoms with Gasteiger partial charge in [-0.2, -0.15) is 0 Å². The molecule has 0 aliphatic carbocycles. The van der Waals surface area contributed by atoms with Gasteiger partial charge in [0.2, 0.25) is 0 Å². The number of nitrogens with zero attached hydrogens (tertiary/aromatic N) is 2. The quantitative estimate of drug-likeness (QED) is 0.411. The number of hydrogen-bond acceptors (Lipinski definition) is 1. The maximum absolute atomic E-state index is 4.20. The lowest BCUT2D eigenvalue weighted by molar-refractivity contribution is 0.337. The number of rotatable bonds is 0. The summed E-state index contributed by atoms with van der Waals surface area (Å²) >= 11 is 0. The highest BCUT2D eigenvalue weighted by molar-refractivity contribution is 4.96. The van der Waals surface area contributed by atoms with Crippen LogP contribution >= 0.6 is 0 Å². The first-order valence-electron chi connectivity index (χ1n) is 3.24. The highest BCUT2D eigenvalue weighted by Crippen LogP contribution is 1.88. The van der Waals surface area contributed by atoms with Crippen LogP contribution in [-0.2, 0) is 0 Å². The van der Waals surface area contributed by atoms with Gasteiger partial charge in [-0.25, -0.2) is 5.32 Å². The maximum atomic E-state index is 4.20. The third-order valence-corrected chi connectivity index (χ3v) is 1.33. The van der Waals surface area contributed by atoms with Gasteiger partial charge in [0.25, 0.3) is 0 Å². The first kappa shape index (κ1) is 6.44. The summed E-state index contributed by atoms with van der Waals surface area (Å²) in [5.74, 6) is 2.87. The van der Waals surface area contributed by atoms with E-state index in [-0.39, 0.29) is 0 Å². The van der Waals surface area contributed by atoms with Crippen molar-refractivity contribution in [2.24, 2.45) is 0 Å². The van der Waals surface area contributed by atoms with Crippen molar-refractivity contribution in [3.8, 4) is 12.0 Å². The van der Waals surface area contributed by atoms with E-state index in [1.54, 1.807) is 0 Å². The van der Waals surface area contributed by atoms with Crippen LogP contribution in [0, 0.1) is 12.0 Å². The van der Waals surface area contributed by atoms with Crippen LogP contribution in [-0.4, -0.2) is 31.1 Å². The van der Waals surface area contributed by atoms with Gasteiger partial charge >= 0.3 is 0 Å². The molecule has 0 saturated carbocycles. The molecule has 0 bridgehead atoms. The predicted octanol–water partition coefficient (Wildman–Crippen LogP) is -0.113. The molecule has 0 N–H and O–H groups in total. The molecule has 1 aliphatic rings. The topological polar surface area (TPSA) is 17.3 Å². The summed E-state index contributed by atoms with van der Waals surface area (Å²) in [5, 5.41) is 4.20. The lowest BCUT2D eigenvalue weighted by Gasteiger charge is -2.21. The zero-order valence-electron chi connectivity index (χ0n) is 5.72. The molecule has 2 nitrogen and oxygen atoms in total. The minimum atomic E-state index is 0.953. The molecule has 1 saturated heterocycles. The first-order valence-corrected chi connectivity index (χ1v) is 3.24. The van der Waals surface area contributed by atoms with Crippen molar-refractivity contribution in [2.75, 3.05) is 26.2 Å². The summed E-state index contributed by atoms with van der Waals surface area (Å²) in [6.07, 6.45) is 0. The Hall–Kier alpha value is -0.680. The molecule has 9 heavy (non-hydrogen) atoms. The van der Waals surface area contributed by atoms with Crippen LogP contribution in [0.1, 0.15) is 6.92 Å². The van der Waals surface area contributed by atoms with Gasteiger partial charge in [-0.1, -0.05) is 5.92 Å². The molecule has 0 aromatic heterocycles. The summed E-state index contributed by atoms with van der Waals surface area (Å²) in [6, 6.07) is 3.01. The number of piperazine rings is 1. The van der Waals surface area contributed by atoms with Crippen molar-refractivity contribution in [1.29, 1.82) is 0 Å². The molecule has 0 aromatic carbocycles. The van der Waals surface area contributed by atoms with Crippen molar-refractivity contribution in [2.45, 2.75) is 6.92 Å². The van der Waals surface area contributed by atoms with E-state index in [9.17, 15) is 0 Å². The Morgan fingerprint density at radius 3 is 2.56 bits per heavy atom. The molecule has 1 radical (unpaired) electrons. The molecular formula is C7H11N2. The van der Waals surface area contributed by atoms with E-state index < -0.39 is 0 Å². The van der Waals surface area contributed by atoms with Gasteiger partial charge in [-0.15, -0.1) is 0 Å². The van der Waals surface area contributed by atoms with E-state index >= 15 is 0 Å². The molecule has 0 amide bonds. The van der Waals surface area contributed by atoms with Crippen LogP contribution in [0.25, 0.3) is 0 Å². The Bertz CT molecular complexity index is 126. The summed E-state index contributed by atoms with van der Waals surface area (Å²) < 4.78 is 0. The summed E-state index contributed by atoms with van der Waals surface area (Å²) in [7, 11) is 0. The van der Waals surface area contributed by atoms with Crippen molar-refractivity contribution >= 4 is 0 Å². The Morgan fingerprint density at radius 2 is 2.00 bits per heavy atom. The zero-order valence-corrected chi connectivity index (χ0v) is 5.72. The van der Waals surface area contributed by atoms with E-state index in [1.807, 2.05) is 6.92 Å². The van der Waals surface area contributed by atoms with Gasteiger partial charge < -0.3 is 4.90 Å². The van der Waals surface area contributed by atoms with E-state index in [0.717, 1.165) is 26.2 Å². The summed E-state index contributed by atoms with van der Waals surface area (Å²) in [6.45, 7) is 5.80. The maximum Gasteiger partial charge on any atom is 0.0402 e. The first-order chi connectivity index (χ1) is 4.43. The molecule has 0 unspecified atom stereocenters. The molecule has 0 atom stereocenters. The van der Waals surface area contributed by atoms with Crippen molar-refractivity contribution in [3.63, 3.8) is 0 Å². The van der Waals surface area contributed by atoms with Gasteiger partial charge in [0.15, 0.2) is 0 Å². The highest BCUT2D eigenvalue weighted by Gasteiger charge is 2.04. The lowest BCUT2D eigenvalue weighted by Crippen LogP contribution is -2.37. The molecule has 0 spiro atoms. The molecule has 0 aromatic rings. The van der Waals surface area contributed by atoms with E-state index in [2.05, 4.69) is 22.2 Å². The van der Waals surface area contributed by atoms with Gasteiger partial charge in [-0.05, 0) is 6.92 Å². The predicted molar refractivity (Wildman–Crippen MR) is 36.9 cm³/mol. The minimum Gasteiger partial charge on any atom is -0.330 e. The fraction of sp³-hybridized carbons (Fsp3) is 0.714. The van der Waals surface area contributed by atoms with Crippen LogP contribution in [0.4, 0.5) is 0 Å². The summed E-state index contributed by atoms with van der Waals surface area (Å²) in [4.78, 5) is 2.12. The van der Waals surface area contributed by atoms with Crippen LogP contribution in [0.3, 0.4) is 0 Å². The average molecular weight is 123 g/mol. The second-order valence-corrected chi connectivity index (χ2v) is 2.02.